The van der Waals surface area contributed by atoms with Gasteiger partial charge in [-0.2, -0.15) is 0 Å². The zero-order chi connectivity index (χ0) is 13.5. The minimum absolute atomic E-state index is 0.113. The zero-order valence-corrected chi connectivity index (χ0v) is 12.7. The fraction of sp³-hybridized carbons (Fsp3) is 0.533. The first kappa shape index (κ1) is 14.4. The van der Waals surface area contributed by atoms with Crippen LogP contribution in [0.25, 0.3) is 0 Å². The molecule has 0 unspecified atom stereocenters. The Balaban J connectivity index is 1.65. The molecular formula is C15H21BrN2O. The van der Waals surface area contributed by atoms with Crippen LogP contribution in [0.4, 0.5) is 10.5 Å². The lowest BCUT2D eigenvalue weighted by Gasteiger charge is -2.21. The van der Waals surface area contributed by atoms with E-state index >= 15 is 0 Å². The molecule has 19 heavy (non-hydrogen) atoms. The van der Waals surface area contributed by atoms with E-state index in [1.165, 1.54) is 32.1 Å². The Hall–Kier alpha value is -1.03. The molecular weight excluding hydrogens is 304 g/mol. The molecule has 1 aromatic rings. The Morgan fingerprint density at radius 1 is 1.16 bits per heavy atom. The molecule has 1 saturated carbocycles. The van der Waals surface area contributed by atoms with Crippen LogP contribution in [0.1, 0.15) is 38.5 Å². The smallest absolute Gasteiger partial charge is 0.319 e. The van der Waals surface area contributed by atoms with E-state index in [0.717, 1.165) is 29.0 Å². The van der Waals surface area contributed by atoms with Gasteiger partial charge in [0.15, 0.2) is 0 Å². The lowest BCUT2D eigenvalue weighted by atomic mass is 9.87. The number of amides is 2. The second-order valence-corrected chi connectivity index (χ2v) is 6.10. The standard InChI is InChI=1S/C15H21BrN2O/c16-13-6-8-14(9-7-13)18-15(19)17-11-10-12-4-2-1-3-5-12/h6-9,12H,1-5,10-11H2,(H2,17,18,19). The van der Waals surface area contributed by atoms with E-state index in [-0.39, 0.29) is 6.03 Å². The summed E-state index contributed by atoms with van der Waals surface area (Å²) in [4.78, 5) is 11.7. The minimum atomic E-state index is -0.113. The summed E-state index contributed by atoms with van der Waals surface area (Å²) < 4.78 is 1.01. The van der Waals surface area contributed by atoms with Crippen molar-refractivity contribution in [2.75, 3.05) is 11.9 Å². The first-order valence-electron chi connectivity index (χ1n) is 7.04. The average molecular weight is 325 g/mol. The minimum Gasteiger partial charge on any atom is -0.338 e. The predicted octanol–water partition coefficient (Wildman–Crippen LogP) is 4.54. The Labute approximate surface area is 123 Å². The number of nitrogens with one attached hydrogen (secondary N) is 2. The number of halogens is 1. The van der Waals surface area contributed by atoms with E-state index in [1.54, 1.807) is 0 Å². The molecule has 1 fully saturated rings. The number of rotatable bonds is 4. The number of urea groups is 1. The summed E-state index contributed by atoms with van der Waals surface area (Å²) in [7, 11) is 0. The van der Waals surface area contributed by atoms with E-state index in [1.807, 2.05) is 24.3 Å². The van der Waals surface area contributed by atoms with Gasteiger partial charge in [-0.1, -0.05) is 48.0 Å². The normalized spacial score (nSPS) is 16.1. The second kappa shape index (κ2) is 7.53. The molecule has 0 heterocycles. The topological polar surface area (TPSA) is 41.1 Å². The number of hydrogen-bond donors (Lipinski definition) is 2. The Kier molecular flexibility index (Phi) is 5.70. The van der Waals surface area contributed by atoms with Gasteiger partial charge in [0.05, 0.1) is 0 Å². The molecule has 3 nitrogen and oxygen atoms in total. The second-order valence-electron chi connectivity index (χ2n) is 5.18. The van der Waals surface area contributed by atoms with Crippen LogP contribution in [0.2, 0.25) is 0 Å². The number of carbonyl (C=O) groups is 1. The number of hydrogen-bond acceptors (Lipinski definition) is 1. The molecule has 1 aromatic carbocycles. The maximum absolute atomic E-state index is 11.7. The number of carbonyl (C=O) groups excluding carboxylic acids is 1. The van der Waals surface area contributed by atoms with Gasteiger partial charge in [0.2, 0.25) is 0 Å². The van der Waals surface area contributed by atoms with Crippen LogP contribution in [-0.2, 0) is 0 Å². The highest BCUT2D eigenvalue weighted by Gasteiger charge is 2.13. The molecule has 4 heteroatoms. The molecule has 2 N–H and O–H groups in total. The molecule has 0 aliphatic heterocycles. The summed E-state index contributed by atoms with van der Waals surface area (Å²) >= 11 is 3.37. The van der Waals surface area contributed by atoms with Crippen molar-refractivity contribution in [3.05, 3.63) is 28.7 Å². The van der Waals surface area contributed by atoms with Gasteiger partial charge in [-0.05, 0) is 36.6 Å². The van der Waals surface area contributed by atoms with Crippen molar-refractivity contribution in [2.45, 2.75) is 38.5 Å². The molecule has 0 saturated heterocycles. The summed E-state index contributed by atoms with van der Waals surface area (Å²) in [5, 5.41) is 5.77. The summed E-state index contributed by atoms with van der Waals surface area (Å²) in [6.45, 7) is 0.771. The molecule has 0 bridgehead atoms. The number of anilines is 1. The first-order valence-corrected chi connectivity index (χ1v) is 7.84. The van der Waals surface area contributed by atoms with Gasteiger partial charge < -0.3 is 10.6 Å². The van der Waals surface area contributed by atoms with Crippen molar-refractivity contribution < 1.29 is 4.79 Å². The Bertz CT molecular complexity index is 399. The van der Waals surface area contributed by atoms with Crippen LogP contribution in [-0.4, -0.2) is 12.6 Å². The highest BCUT2D eigenvalue weighted by atomic mass is 79.9. The first-order chi connectivity index (χ1) is 9.24. The van der Waals surface area contributed by atoms with Crippen molar-refractivity contribution in [1.82, 2.24) is 5.32 Å². The van der Waals surface area contributed by atoms with Gasteiger partial charge in [-0.15, -0.1) is 0 Å². The summed E-state index contributed by atoms with van der Waals surface area (Å²) in [5.41, 5.74) is 0.818. The zero-order valence-electron chi connectivity index (χ0n) is 11.1. The molecule has 1 aliphatic rings. The molecule has 0 radical (unpaired) electrons. The van der Waals surface area contributed by atoms with Gasteiger partial charge in [0, 0.05) is 16.7 Å². The number of benzene rings is 1. The summed E-state index contributed by atoms with van der Waals surface area (Å²) in [5.74, 6) is 0.807. The van der Waals surface area contributed by atoms with E-state index in [0.29, 0.717) is 0 Å². The highest BCUT2D eigenvalue weighted by molar-refractivity contribution is 9.10. The van der Waals surface area contributed by atoms with Crippen LogP contribution in [0.5, 0.6) is 0 Å². The fourth-order valence-corrected chi connectivity index (χ4v) is 2.84. The molecule has 0 spiro atoms. The van der Waals surface area contributed by atoms with Gasteiger partial charge in [0.1, 0.15) is 0 Å². The van der Waals surface area contributed by atoms with Crippen LogP contribution in [0.3, 0.4) is 0 Å². The van der Waals surface area contributed by atoms with Crippen molar-refractivity contribution in [2.24, 2.45) is 5.92 Å². The molecule has 1 aliphatic carbocycles. The van der Waals surface area contributed by atoms with E-state index in [9.17, 15) is 4.79 Å². The van der Waals surface area contributed by atoms with Crippen molar-refractivity contribution in [3.63, 3.8) is 0 Å². The van der Waals surface area contributed by atoms with E-state index < -0.39 is 0 Å². The van der Waals surface area contributed by atoms with Gasteiger partial charge in [-0.3, -0.25) is 0 Å². The highest BCUT2D eigenvalue weighted by Crippen LogP contribution is 2.25. The van der Waals surface area contributed by atoms with Gasteiger partial charge in [-0.25, -0.2) is 4.79 Å². The SMILES string of the molecule is O=C(NCCC1CCCCC1)Nc1ccc(Br)cc1. The predicted molar refractivity (Wildman–Crippen MR) is 82.4 cm³/mol. The summed E-state index contributed by atoms with van der Waals surface area (Å²) in [6, 6.07) is 7.48. The summed E-state index contributed by atoms with van der Waals surface area (Å²) in [6.07, 6.45) is 7.86. The van der Waals surface area contributed by atoms with Crippen molar-refractivity contribution in [1.29, 1.82) is 0 Å². The molecule has 104 valence electrons. The van der Waals surface area contributed by atoms with Gasteiger partial charge >= 0.3 is 6.03 Å². The molecule has 0 atom stereocenters. The van der Waals surface area contributed by atoms with Crippen LogP contribution < -0.4 is 10.6 Å². The fourth-order valence-electron chi connectivity index (χ4n) is 2.57. The lowest BCUT2D eigenvalue weighted by Crippen LogP contribution is -2.30. The van der Waals surface area contributed by atoms with Crippen LogP contribution in [0, 0.1) is 5.92 Å². The van der Waals surface area contributed by atoms with Gasteiger partial charge in [0.25, 0.3) is 0 Å². The lowest BCUT2D eigenvalue weighted by molar-refractivity contribution is 0.250. The van der Waals surface area contributed by atoms with Crippen molar-refractivity contribution >= 4 is 27.6 Å². The van der Waals surface area contributed by atoms with Crippen molar-refractivity contribution in [3.8, 4) is 0 Å². The third-order valence-corrected chi connectivity index (χ3v) is 4.19. The third kappa shape index (κ3) is 5.23. The molecule has 0 aromatic heterocycles. The maximum atomic E-state index is 11.7. The van der Waals surface area contributed by atoms with E-state index in [4.69, 9.17) is 0 Å². The van der Waals surface area contributed by atoms with Crippen LogP contribution in [0.15, 0.2) is 28.7 Å². The Morgan fingerprint density at radius 2 is 1.84 bits per heavy atom. The molecule has 2 rings (SSSR count). The Morgan fingerprint density at radius 3 is 2.53 bits per heavy atom. The quantitative estimate of drug-likeness (QED) is 0.838. The van der Waals surface area contributed by atoms with Crippen LogP contribution >= 0.6 is 15.9 Å². The monoisotopic (exact) mass is 324 g/mol. The van der Waals surface area contributed by atoms with E-state index in [2.05, 4.69) is 26.6 Å². The third-order valence-electron chi connectivity index (χ3n) is 3.66. The average Bonchev–Trinajstić information content (AvgIpc) is 2.43. The maximum Gasteiger partial charge on any atom is 0.319 e. The largest absolute Gasteiger partial charge is 0.338 e. The molecule has 2 amide bonds.